The Kier molecular flexibility index (Phi) is 12.8. The van der Waals surface area contributed by atoms with Crippen LogP contribution >= 0.6 is 23.1 Å². The molecular weight excluding hydrogens is 787 g/mol. The lowest BCUT2D eigenvalue weighted by Crippen LogP contribution is -2.37. The van der Waals surface area contributed by atoms with Crippen molar-refractivity contribution in [2.24, 2.45) is 10.3 Å². The lowest BCUT2D eigenvalue weighted by molar-refractivity contribution is -0.133. The minimum absolute atomic E-state index is 0.0439. The summed E-state index contributed by atoms with van der Waals surface area (Å²) < 4.78 is 18.1. The molecule has 294 valence electrons. The first-order valence-electron chi connectivity index (χ1n) is 17.2. The van der Waals surface area contributed by atoms with Crippen molar-refractivity contribution in [1.82, 2.24) is 18.7 Å². The standard InChI is InChI=1S/C24H20N4O3S.C14H13BN4O6S/c1-30-22(29)20(21-26-23(25)32-28-21)27-31-24(17-11-5-2-6-12-17,18-13-7-3-8-14-18)19-15-9-4-10-16-19;16-14-17-12(19-26-14)10(18-24)9(20)5-7-4-6-2-1-3-8(13(21)22)11(6)25-15(7)23/h2-16H,1H3,(H2,25,26,28);1-3,7,23-24H,4-5H2,(H,21,22)(H2,16,17,19)/b27-20-;18-10+/t;7-/m.1/s1. The topological polar surface area (TPSA) is 268 Å². The number of Topliss-reactive ketones (excluding diaryl/α,β-unsaturated/α-hetero) is 1. The van der Waals surface area contributed by atoms with Gasteiger partial charge in [-0.15, -0.1) is 0 Å². The van der Waals surface area contributed by atoms with Crippen molar-refractivity contribution >= 4 is 69.6 Å². The number of benzene rings is 4. The van der Waals surface area contributed by atoms with E-state index in [2.05, 4.69) is 29.0 Å². The van der Waals surface area contributed by atoms with Crippen LogP contribution < -0.4 is 16.1 Å². The number of carboxylic acids is 1. The molecule has 1 atom stereocenters. The van der Waals surface area contributed by atoms with E-state index in [-0.39, 0.29) is 57.5 Å². The van der Waals surface area contributed by atoms with Crippen LogP contribution in [0.1, 0.15) is 50.7 Å². The third kappa shape index (κ3) is 8.83. The number of ketones is 1. The summed E-state index contributed by atoms with van der Waals surface area (Å²) in [6, 6.07) is 33.6. The molecule has 7 N–H and O–H groups in total. The Labute approximate surface area is 338 Å². The van der Waals surface area contributed by atoms with E-state index in [1.807, 2.05) is 91.0 Å². The fourth-order valence-electron chi connectivity index (χ4n) is 6.11. The average Bonchev–Trinajstić information content (AvgIpc) is 3.88. The molecule has 20 heteroatoms. The predicted octanol–water partition coefficient (Wildman–Crippen LogP) is 4.45. The lowest BCUT2D eigenvalue weighted by Gasteiger charge is -2.33. The predicted molar refractivity (Wildman–Crippen MR) is 215 cm³/mol. The van der Waals surface area contributed by atoms with E-state index in [0.29, 0.717) is 5.56 Å². The van der Waals surface area contributed by atoms with E-state index >= 15 is 0 Å². The summed E-state index contributed by atoms with van der Waals surface area (Å²) >= 11 is 1.81. The number of hydrogen-bond donors (Lipinski definition) is 5. The number of methoxy groups -OCH3 is 1. The molecule has 4 aromatic carbocycles. The van der Waals surface area contributed by atoms with E-state index < -0.39 is 36.3 Å². The Morgan fingerprint density at radius 1 is 0.828 bits per heavy atom. The highest BCUT2D eigenvalue weighted by Crippen LogP contribution is 2.41. The van der Waals surface area contributed by atoms with Crippen LogP contribution in [-0.2, 0) is 31.2 Å². The van der Waals surface area contributed by atoms with Crippen molar-refractivity contribution in [2.45, 2.75) is 24.3 Å². The first kappa shape index (κ1) is 40.6. The van der Waals surface area contributed by atoms with Gasteiger partial charge in [0.1, 0.15) is 5.75 Å². The van der Waals surface area contributed by atoms with Crippen molar-refractivity contribution < 1.29 is 44.0 Å². The van der Waals surface area contributed by atoms with Crippen LogP contribution in [0.3, 0.4) is 0 Å². The maximum atomic E-state index is 12.5. The highest BCUT2D eigenvalue weighted by molar-refractivity contribution is 7.09. The Balaban J connectivity index is 0.000000200. The summed E-state index contributed by atoms with van der Waals surface area (Å²) in [6.45, 7) is 0. The van der Waals surface area contributed by atoms with E-state index in [1.54, 1.807) is 12.1 Å². The third-order valence-electron chi connectivity index (χ3n) is 8.76. The number of esters is 1. The van der Waals surface area contributed by atoms with Crippen LogP contribution in [0.25, 0.3) is 0 Å². The molecule has 7 rings (SSSR count). The average molecular weight is 821 g/mol. The van der Waals surface area contributed by atoms with Crippen molar-refractivity contribution in [2.75, 3.05) is 18.6 Å². The molecule has 0 spiro atoms. The van der Waals surface area contributed by atoms with E-state index in [4.69, 9.17) is 30.9 Å². The molecule has 2 aromatic heterocycles. The van der Waals surface area contributed by atoms with Crippen LogP contribution in [0.5, 0.6) is 5.75 Å². The second-order valence-electron chi connectivity index (χ2n) is 12.4. The van der Waals surface area contributed by atoms with Crippen LogP contribution in [0.15, 0.2) is 120 Å². The molecule has 3 heterocycles. The summed E-state index contributed by atoms with van der Waals surface area (Å²) in [4.78, 5) is 50.3. The molecule has 0 unspecified atom stereocenters. The number of aromatic nitrogens is 4. The second-order valence-corrected chi connectivity index (χ2v) is 13.9. The number of carboxylic acid groups (broad SMARTS) is 1. The van der Waals surface area contributed by atoms with Gasteiger partial charge >= 0.3 is 19.1 Å². The molecule has 6 aromatic rings. The Morgan fingerprint density at radius 2 is 1.34 bits per heavy atom. The van der Waals surface area contributed by atoms with E-state index in [0.717, 1.165) is 39.8 Å². The van der Waals surface area contributed by atoms with Gasteiger partial charge < -0.3 is 41.0 Å². The molecular formula is C38H33BN8O9S2. The molecule has 0 fully saturated rings. The lowest BCUT2D eigenvalue weighted by atomic mass is 9.64. The zero-order chi connectivity index (χ0) is 41.2. The number of nitrogen functional groups attached to an aromatic ring is 2. The number of oxime groups is 2. The number of carbonyl (C=O) groups excluding carboxylic acids is 2. The summed E-state index contributed by atoms with van der Waals surface area (Å²) in [5, 5.41) is 36.0. The van der Waals surface area contributed by atoms with Crippen molar-refractivity contribution in [3.05, 3.63) is 149 Å². The molecule has 1 aliphatic rings. The van der Waals surface area contributed by atoms with Gasteiger partial charge in [0.05, 0.1) is 12.7 Å². The SMILES string of the molecule is COC(=O)/C(=N\OC(c1ccccc1)(c1ccccc1)c1ccccc1)c1nsc(N)n1.Nc1nc(/C(=N/O)C(=O)C[C@H]2Cc3cccc(C(=O)O)c3OB2O)ns1. The van der Waals surface area contributed by atoms with E-state index in [9.17, 15) is 24.5 Å². The minimum atomic E-state index is -1.39. The molecule has 0 amide bonds. The quantitative estimate of drug-likeness (QED) is 0.0285. The molecule has 0 bridgehead atoms. The van der Waals surface area contributed by atoms with Crippen molar-refractivity contribution in [3.63, 3.8) is 0 Å². The second kappa shape index (κ2) is 18.3. The third-order valence-corrected chi connectivity index (χ3v) is 9.85. The highest BCUT2D eigenvalue weighted by Gasteiger charge is 2.41. The summed E-state index contributed by atoms with van der Waals surface area (Å²) in [5.41, 5.74) is 12.5. The molecule has 58 heavy (non-hydrogen) atoms. The van der Waals surface area contributed by atoms with Crippen LogP contribution in [0, 0.1) is 0 Å². The summed E-state index contributed by atoms with van der Waals surface area (Å²) in [6.07, 6.45) is 0.00507. The van der Waals surface area contributed by atoms with Gasteiger partial charge in [0, 0.05) is 52.0 Å². The molecule has 0 saturated heterocycles. The van der Waals surface area contributed by atoms with Gasteiger partial charge in [-0.05, 0) is 18.1 Å². The van der Waals surface area contributed by atoms with Gasteiger partial charge in [-0.3, -0.25) is 4.79 Å². The van der Waals surface area contributed by atoms with Crippen LogP contribution in [0.4, 0.5) is 10.3 Å². The van der Waals surface area contributed by atoms with Crippen LogP contribution in [0.2, 0.25) is 5.82 Å². The number of anilines is 2. The van der Waals surface area contributed by atoms with Gasteiger partial charge in [-0.2, -0.15) is 18.7 Å². The van der Waals surface area contributed by atoms with E-state index in [1.165, 1.54) is 13.2 Å². The number of nitrogens with zero attached hydrogens (tertiary/aromatic N) is 6. The smallest absolute Gasteiger partial charge is 0.526 e. The van der Waals surface area contributed by atoms with Crippen molar-refractivity contribution in [1.29, 1.82) is 0 Å². The number of hydrogen-bond acceptors (Lipinski definition) is 18. The molecule has 1 aliphatic heterocycles. The van der Waals surface area contributed by atoms with Crippen LogP contribution in [-0.4, -0.2) is 77.4 Å². The maximum absolute atomic E-state index is 12.5. The van der Waals surface area contributed by atoms with Gasteiger partial charge in [0.15, 0.2) is 21.8 Å². The Morgan fingerprint density at radius 3 is 1.79 bits per heavy atom. The monoisotopic (exact) mass is 820 g/mol. The minimum Gasteiger partial charge on any atom is -0.535 e. The number of rotatable bonds is 12. The summed E-state index contributed by atoms with van der Waals surface area (Å²) in [5.74, 6) is -3.14. The van der Waals surface area contributed by atoms with Gasteiger partial charge in [-0.25, -0.2) is 9.59 Å². The number of fused-ring (bicyclic) bond motifs is 1. The highest BCUT2D eigenvalue weighted by atomic mass is 32.1. The largest absolute Gasteiger partial charge is 0.535 e. The van der Waals surface area contributed by atoms with Crippen molar-refractivity contribution in [3.8, 4) is 5.75 Å². The number of ether oxygens (including phenoxy) is 1. The van der Waals surface area contributed by atoms with Gasteiger partial charge in [-0.1, -0.05) is 113 Å². The number of nitrogens with two attached hydrogens (primary N) is 2. The first-order valence-corrected chi connectivity index (χ1v) is 18.8. The zero-order valence-electron chi connectivity index (χ0n) is 30.4. The number of carbonyl (C=O) groups is 3. The fourth-order valence-corrected chi connectivity index (χ4v) is 6.98. The molecule has 0 saturated carbocycles. The fraction of sp³-hybridized carbons (Fsp3) is 0.132. The zero-order valence-corrected chi connectivity index (χ0v) is 32.0. The molecule has 17 nitrogen and oxygen atoms in total. The Hall–Kier alpha value is -7.03. The molecule has 0 aliphatic carbocycles. The Bertz CT molecular complexity index is 2360. The molecule has 0 radical (unpaired) electrons. The maximum Gasteiger partial charge on any atom is 0.526 e. The number of para-hydroxylation sites is 1. The first-order chi connectivity index (χ1) is 28.0. The number of aromatic carboxylic acids is 1. The van der Waals surface area contributed by atoms with Gasteiger partial charge in [0.25, 0.3) is 0 Å². The normalized spacial score (nSPS) is 14.0. The van der Waals surface area contributed by atoms with Gasteiger partial charge in [0.2, 0.25) is 23.0 Å². The summed E-state index contributed by atoms with van der Waals surface area (Å²) in [7, 11) is -0.132.